The van der Waals surface area contributed by atoms with Gasteiger partial charge in [0.25, 0.3) is 0 Å². The van der Waals surface area contributed by atoms with Crippen LogP contribution in [0, 0.1) is 0 Å². The monoisotopic (exact) mass is 504 g/mol. The topological polar surface area (TPSA) is 43.3 Å². The molecule has 5 nitrogen and oxygen atoms in total. The molecule has 0 N–H and O–H groups in total. The Hall–Kier alpha value is -3.41. The smallest absolute Gasteiger partial charge is 0.214 e. The van der Waals surface area contributed by atoms with E-state index in [4.69, 9.17) is 42.5 Å². The predicted molar refractivity (Wildman–Crippen MR) is 139 cm³/mol. The molecule has 2 aliphatic rings. The number of fused-ring (bicyclic) bond motifs is 4. The normalized spacial score (nSPS) is 18.5. The van der Waals surface area contributed by atoms with E-state index in [1.165, 1.54) is 10.8 Å². The first-order valence-corrected chi connectivity index (χ1v) is 12.0. The lowest BCUT2D eigenvalue weighted by Gasteiger charge is -2.38. The van der Waals surface area contributed by atoms with Crippen molar-refractivity contribution in [2.45, 2.75) is 18.7 Å². The number of hydrogen-bond donors (Lipinski definition) is 0. The predicted octanol–water partition coefficient (Wildman–Crippen LogP) is 7.41. The van der Waals surface area contributed by atoms with Gasteiger partial charge in [-0.05, 0) is 52.7 Å². The second-order valence-corrected chi connectivity index (χ2v) is 9.44. The van der Waals surface area contributed by atoms with Gasteiger partial charge in [-0.3, -0.25) is 0 Å². The maximum absolute atomic E-state index is 6.61. The number of hydrogen-bond acceptors (Lipinski definition) is 5. The highest BCUT2D eigenvalue weighted by Crippen LogP contribution is 2.51. The van der Waals surface area contributed by atoms with Crippen molar-refractivity contribution < 1.29 is 14.2 Å². The molecule has 4 aromatic rings. The summed E-state index contributed by atoms with van der Waals surface area (Å²) >= 11 is 13.0. The van der Waals surface area contributed by atoms with E-state index >= 15 is 0 Å². The lowest BCUT2D eigenvalue weighted by Crippen LogP contribution is -2.33. The molecule has 7 heteroatoms. The maximum atomic E-state index is 6.61. The molecule has 176 valence electrons. The van der Waals surface area contributed by atoms with Crippen LogP contribution in [0.25, 0.3) is 10.8 Å². The molecule has 2 atom stereocenters. The Kier molecular flexibility index (Phi) is 5.47. The van der Waals surface area contributed by atoms with E-state index in [2.05, 4.69) is 30.3 Å². The highest BCUT2D eigenvalue weighted by molar-refractivity contribution is 6.35. The van der Waals surface area contributed by atoms with E-state index in [0.29, 0.717) is 33.7 Å². The summed E-state index contributed by atoms with van der Waals surface area (Å²) in [5.41, 5.74) is 3.88. The fourth-order valence-corrected chi connectivity index (χ4v) is 5.44. The second kappa shape index (κ2) is 8.67. The van der Waals surface area contributed by atoms with Crippen LogP contribution in [-0.2, 0) is 0 Å². The third kappa shape index (κ3) is 3.76. The standard InChI is InChI=1S/C28H22Cl2N2O3/c1-33-25-10-9-19(12-26(25)34-2)28-32-24(21-13-20(29)14-22(30)27(21)35-28)15-23(31-32)18-8-7-16-5-3-4-6-17(16)11-18/h3-14,24,28H,15H2,1-2H3/t24-,28+/m1/s1. The Bertz CT molecular complexity index is 1490. The molecule has 0 bridgehead atoms. The van der Waals surface area contributed by atoms with Crippen LogP contribution in [-0.4, -0.2) is 24.9 Å². The number of hydrazone groups is 1. The van der Waals surface area contributed by atoms with Crippen LogP contribution >= 0.6 is 23.2 Å². The Labute approximate surface area is 213 Å². The van der Waals surface area contributed by atoms with Crippen molar-refractivity contribution in [2.24, 2.45) is 5.10 Å². The molecule has 2 aliphatic heterocycles. The van der Waals surface area contributed by atoms with Crippen LogP contribution in [0.1, 0.15) is 35.4 Å². The Morgan fingerprint density at radius 1 is 0.886 bits per heavy atom. The van der Waals surface area contributed by atoms with E-state index < -0.39 is 6.23 Å². The molecule has 0 unspecified atom stereocenters. The Balaban J connectivity index is 1.47. The minimum absolute atomic E-state index is 0.0745. The molecule has 0 aliphatic carbocycles. The fraction of sp³-hybridized carbons (Fsp3) is 0.179. The summed E-state index contributed by atoms with van der Waals surface area (Å²) in [5, 5.41) is 10.5. The van der Waals surface area contributed by atoms with Crippen LogP contribution in [0.5, 0.6) is 17.2 Å². The maximum Gasteiger partial charge on any atom is 0.214 e. The number of methoxy groups -OCH3 is 2. The van der Waals surface area contributed by atoms with Gasteiger partial charge in [0.05, 0.1) is 31.0 Å². The number of rotatable bonds is 4. The molecule has 0 amide bonds. The number of halogens is 2. The molecule has 0 saturated carbocycles. The highest BCUT2D eigenvalue weighted by atomic mass is 35.5. The van der Waals surface area contributed by atoms with Gasteiger partial charge >= 0.3 is 0 Å². The van der Waals surface area contributed by atoms with E-state index in [0.717, 1.165) is 22.4 Å². The van der Waals surface area contributed by atoms with Gasteiger partial charge < -0.3 is 14.2 Å². The fourth-order valence-electron chi connectivity index (χ4n) is 4.88. The Morgan fingerprint density at radius 3 is 2.49 bits per heavy atom. The van der Waals surface area contributed by atoms with Gasteiger partial charge in [0.15, 0.2) is 11.5 Å². The van der Waals surface area contributed by atoms with Crippen molar-refractivity contribution in [3.63, 3.8) is 0 Å². The van der Waals surface area contributed by atoms with Crippen molar-refractivity contribution in [3.8, 4) is 17.2 Å². The van der Waals surface area contributed by atoms with Crippen molar-refractivity contribution in [1.82, 2.24) is 5.01 Å². The minimum Gasteiger partial charge on any atom is -0.493 e. The van der Waals surface area contributed by atoms with Crippen molar-refractivity contribution in [3.05, 3.63) is 99.5 Å². The van der Waals surface area contributed by atoms with Gasteiger partial charge in [0, 0.05) is 22.6 Å². The molecule has 0 radical (unpaired) electrons. The molecule has 2 heterocycles. The minimum atomic E-state index is -0.496. The number of nitrogens with zero attached hydrogens (tertiary/aromatic N) is 2. The van der Waals surface area contributed by atoms with Crippen LogP contribution in [0.4, 0.5) is 0 Å². The highest BCUT2D eigenvalue weighted by Gasteiger charge is 2.42. The van der Waals surface area contributed by atoms with Gasteiger partial charge in [-0.2, -0.15) is 5.10 Å². The molecule has 0 aromatic heterocycles. The molecular formula is C28H22Cl2N2O3. The molecule has 4 aromatic carbocycles. The van der Waals surface area contributed by atoms with E-state index in [9.17, 15) is 0 Å². The first kappa shape index (κ1) is 22.1. The molecule has 0 saturated heterocycles. The SMILES string of the molecule is COc1ccc([C@@H]2Oc3c(Cl)cc(Cl)cc3[C@H]3CC(c4ccc5ccccc5c4)=NN32)cc1OC. The van der Waals surface area contributed by atoms with Crippen molar-refractivity contribution >= 4 is 39.7 Å². The second-order valence-electron chi connectivity index (χ2n) is 8.60. The zero-order valence-corrected chi connectivity index (χ0v) is 20.7. The first-order valence-electron chi connectivity index (χ1n) is 11.3. The summed E-state index contributed by atoms with van der Waals surface area (Å²) < 4.78 is 17.4. The number of benzene rings is 4. The Morgan fingerprint density at radius 2 is 1.69 bits per heavy atom. The van der Waals surface area contributed by atoms with Crippen LogP contribution in [0.3, 0.4) is 0 Å². The van der Waals surface area contributed by atoms with E-state index in [-0.39, 0.29) is 6.04 Å². The molecule has 0 fully saturated rings. The molecular weight excluding hydrogens is 483 g/mol. The zero-order chi connectivity index (χ0) is 24.1. The van der Waals surface area contributed by atoms with Gasteiger partial charge in [0.2, 0.25) is 6.23 Å². The largest absolute Gasteiger partial charge is 0.493 e. The van der Waals surface area contributed by atoms with E-state index in [1.54, 1.807) is 20.3 Å². The average Bonchev–Trinajstić information content (AvgIpc) is 3.33. The van der Waals surface area contributed by atoms with Gasteiger partial charge in [-0.1, -0.05) is 59.6 Å². The number of ether oxygens (including phenoxy) is 3. The lowest BCUT2D eigenvalue weighted by atomic mass is 9.95. The summed E-state index contributed by atoms with van der Waals surface area (Å²) in [6, 6.07) is 24.1. The van der Waals surface area contributed by atoms with Crippen molar-refractivity contribution in [2.75, 3.05) is 14.2 Å². The molecule has 0 spiro atoms. The summed E-state index contributed by atoms with van der Waals surface area (Å²) in [5.74, 6) is 1.90. The summed E-state index contributed by atoms with van der Waals surface area (Å²) in [6.45, 7) is 0. The van der Waals surface area contributed by atoms with Crippen molar-refractivity contribution in [1.29, 1.82) is 0 Å². The molecule has 6 rings (SSSR count). The quantitative estimate of drug-likeness (QED) is 0.290. The van der Waals surface area contributed by atoms with Gasteiger partial charge in [-0.25, -0.2) is 5.01 Å². The summed E-state index contributed by atoms with van der Waals surface area (Å²) in [4.78, 5) is 0. The average molecular weight is 505 g/mol. The van der Waals surface area contributed by atoms with Crippen LogP contribution < -0.4 is 14.2 Å². The van der Waals surface area contributed by atoms with Crippen LogP contribution in [0.15, 0.2) is 77.9 Å². The van der Waals surface area contributed by atoms with Crippen LogP contribution in [0.2, 0.25) is 10.0 Å². The zero-order valence-electron chi connectivity index (χ0n) is 19.2. The van der Waals surface area contributed by atoms with Gasteiger partial charge in [-0.15, -0.1) is 0 Å². The lowest BCUT2D eigenvalue weighted by molar-refractivity contribution is -0.0190. The summed E-state index contributed by atoms with van der Waals surface area (Å²) in [6.07, 6.45) is 0.207. The molecule has 35 heavy (non-hydrogen) atoms. The summed E-state index contributed by atoms with van der Waals surface area (Å²) in [7, 11) is 3.23. The third-order valence-electron chi connectivity index (χ3n) is 6.58. The third-order valence-corrected chi connectivity index (χ3v) is 7.08. The van der Waals surface area contributed by atoms with Gasteiger partial charge in [0.1, 0.15) is 5.75 Å². The first-order chi connectivity index (χ1) is 17.1. The van der Waals surface area contributed by atoms with E-state index in [1.807, 2.05) is 41.4 Å².